The van der Waals surface area contributed by atoms with Crippen molar-refractivity contribution in [2.45, 2.75) is 12.6 Å². The summed E-state index contributed by atoms with van der Waals surface area (Å²) in [4.78, 5) is 48.0. The molecule has 3 amide bonds. The van der Waals surface area contributed by atoms with Crippen molar-refractivity contribution in [1.82, 2.24) is 24.7 Å². The van der Waals surface area contributed by atoms with E-state index < -0.39 is 0 Å². The van der Waals surface area contributed by atoms with Crippen LogP contribution in [0.4, 0.5) is 5.82 Å². The zero-order chi connectivity index (χ0) is 25.2. The van der Waals surface area contributed by atoms with Gasteiger partial charge in [-0.05, 0) is 36.4 Å². The molecule has 0 unspecified atom stereocenters. The number of carbonyl (C=O) groups is 3. The predicted molar refractivity (Wildman–Crippen MR) is 141 cm³/mol. The van der Waals surface area contributed by atoms with Crippen molar-refractivity contribution in [3.63, 3.8) is 0 Å². The quantitative estimate of drug-likeness (QED) is 0.475. The Morgan fingerprint density at radius 1 is 1.08 bits per heavy atom. The molecule has 36 heavy (non-hydrogen) atoms. The van der Waals surface area contributed by atoms with E-state index in [1.807, 2.05) is 45.9 Å². The number of benzene rings is 1. The number of likely N-dealkylation sites (tertiary alicyclic amines) is 1. The minimum atomic E-state index is -0.159. The first-order chi connectivity index (χ1) is 17.4. The maximum atomic E-state index is 13.5. The van der Waals surface area contributed by atoms with Crippen LogP contribution in [0, 0.1) is 0 Å². The number of pyridine rings is 1. The van der Waals surface area contributed by atoms with Crippen molar-refractivity contribution in [1.29, 1.82) is 0 Å². The van der Waals surface area contributed by atoms with Gasteiger partial charge in [-0.3, -0.25) is 14.4 Å². The smallest absolute Gasteiger partial charge is 0.256 e. The highest BCUT2D eigenvalue weighted by molar-refractivity contribution is 9.10. The van der Waals surface area contributed by atoms with E-state index in [4.69, 9.17) is 0 Å². The third-order valence-corrected chi connectivity index (χ3v) is 7.15. The van der Waals surface area contributed by atoms with Gasteiger partial charge >= 0.3 is 0 Å². The largest absolute Gasteiger partial charge is 0.353 e. The monoisotopic (exact) mass is 550 g/mol. The van der Waals surface area contributed by atoms with Crippen LogP contribution < -0.4 is 10.2 Å². The average Bonchev–Trinajstić information content (AvgIpc) is 3.22. The van der Waals surface area contributed by atoms with E-state index in [1.165, 1.54) is 6.08 Å². The fraction of sp³-hybridized carbons (Fsp3) is 0.308. The van der Waals surface area contributed by atoms with Gasteiger partial charge in [0.15, 0.2) is 0 Å². The topological polar surface area (TPSA) is 90.8 Å². The lowest BCUT2D eigenvalue weighted by atomic mass is 10.1. The second kappa shape index (κ2) is 10.1. The summed E-state index contributed by atoms with van der Waals surface area (Å²) >= 11 is 3.51. The highest BCUT2D eigenvalue weighted by Crippen LogP contribution is 2.27. The number of nitrogens with zero attached hydrogens (tertiary/aromatic N) is 5. The minimum absolute atomic E-state index is 0.0458. The Labute approximate surface area is 217 Å². The molecule has 1 aromatic carbocycles. The van der Waals surface area contributed by atoms with E-state index in [2.05, 4.69) is 37.7 Å². The van der Waals surface area contributed by atoms with Crippen molar-refractivity contribution >= 4 is 50.4 Å². The van der Waals surface area contributed by atoms with E-state index >= 15 is 0 Å². The number of hydrogen-bond donors (Lipinski definition) is 1. The zero-order valence-electron chi connectivity index (χ0n) is 19.8. The fourth-order valence-corrected chi connectivity index (χ4v) is 5.09. The summed E-state index contributed by atoms with van der Waals surface area (Å²) in [5.41, 5.74) is 1.40. The van der Waals surface area contributed by atoms with Crippen molar-refractivity contribution in [3.8, 4) is 0 Å². The van der Waals surface area contributed by atoms with Gasteiger partial charge in [0.2, 0.25) is 11.8 Å². The van der Waals surface area contributed by atoms with Crippen molar-refractivity contribution in [3.05, 3.63) is 71.5 Å². The summed E-state index contributed by atoms with van der Waals surface area (Å²) in [5.74, 6) is 0.579. The normalized spacial score (nSPS) is 16.1. The lowest BCUT2D eigenvalue weighted by Gasteiger charge is -2.38. The minimum Gasteiger partial charge on any atom is -0.353 e. The van der Waals surface area contributed by atoms with Gasteiger partial charge < -0.3 is 24.6 Å². The summed E-state index contributed by atoms with van der Waals surface area (Å²) in [7, 11) is 0. The molecule has 2 aliphatic heterocycles. The first kappa shape index (κ1) is 24.1. The van der Waals surface area contributed by atoms with Gasteiger partial charge in [-0.2, -0.15) is 0 Å². The van der Waals surface area contributed by atoms with E-state index in [0.29, 0.717) is 44.8 Å². The van der Waals surface area contributed by atoms with Crippen LogP contribution in [0.25, 0.3) is 10.9 Å². The van der Waals surface area contributed by atoms with Gasteiger partial charge in [0.25, 0.3) is 5.91 Å². The molecule has 0 saturated carbocycles. The molecule has 0 bridgehead atoms. The van der Waals surface area contributed by atoms with Crippen molar-refractivity contribution in [2.75, 3.05) is 44.2 Å². The van der Waals surface area contributed by atoms with Crippen molar-refractivity contribution < 1.29 is 14.4 Å². The molecular formula is C26H27BrN6O3. The first-order valence-electron chi connectivity index (χ1n) is 11.9. The summed E-state index contributed by atoms with van der Waals surface area (Å²) in [6, 6.07) is 11.5. The van der Waals surface area contributed by atoms with Gasteiger partial charge in [-0.25, -0.2) is 4.98 Å². The Morgan fingerprint density at radius 2 is 1.86 bits per heavy atom. The van der Waals surface area contributed by atoms with E-state index in [-0.39, 0.29) is 30.3 Å². The summed E-state index contributed by atoms with van der Waals surface area (Å²) in [6.07, 6.45) is 4.83. The van der Waals surface area contributed by atoms with E-state index in [9.17, 15) is 14.4 Å². The molecular weight excluding hydrogens is 524 g/mol. The van der Waals surface area contributed by atoms with Crippen molar-refractivity contribution in [2.24, 2.45) is 0 Å². The number of aromatic nitrogens is 2. The summed E-state index contributed by atoms with van der Waals surface area (Å²) in [5, 5.41) is 3.77. The number of carbonyl (C=O) groups excluding carboxylic acids is 3. The molecule has 0 aliphatic carbocycles. The molecule has 4 heterocycles. The molecule has 2 aliphatic rings. The molecule has 2 saturated heterocycles. The van der Waals surface area contributed by atoms with Crippen LogP contribution in [0.3, 0.4) is 0 Å². The molecule has 0 radical (unpaired) electrons. The summed E-state index contributed by atoms with van der Waals surface area (Å²) < 4.78 is 2.69. The van der Waals surface area contributed by atoms with Gasteiger partial charge in [0.05, 0.1) is 11.6 Å². The Kier molecular flexibility index (Phi) is 6.77. The highest BCUT2D eigenvalue weighted by Gasteiger charge is 2.31. The maximum absolute atomic E-state index is 13.5. The SMILES string of the molecule is C=CC(=O)N1CC(NC(=O)Cn2cc(C(=O)N3CCN(c4ccccn4)CC3)c3cc(Br)ccc32)C1. The molecule has 5 rings (SSSR count). The second-order valence-electron chi connectivity index (χ2n) is 9.01. The second-order valence-corrected chi connectivity index (χ2v) is 9.93. The van der Waals surface area contributed by atoms with Gasteiger partial charge in [0.1, 0.15) is 12.4 Å². The summed E-state index contributed by atoms with van der Waals surface area (Å²) in [6.45, 7) is 7.14. The van der Waals surface area contributed by atoms with Crippen LogP contribution in [0.5, 0.6) is 0 Å². The third kappa shape index (κ3) is 4.86. The number of anilines is 1. The number of rotatable bonds is 6. The van der Waals surface area contributed by atoms with Gasteiger partial charge in [-0.15, -0.1) is 0 Å². The first-order valence-corrected chi connectivity index (χ1v) is 12.7. The number of nitrogens with one attached hydrogen (secondary N) is 1. The maximum Gasteiger partial charge on any atom is 0.256 e. The molecule has 10 heteroatoms. The Balaban J connectivity index is 1.28. The predicted octanol–water partition coefficient (Wildman–Crippen LogP) is 2.27. The fourth-order valence-electron chi connectivity index (χ4n) is 4.73. The molecule has 9 nitrogen and oxygen atoms in total. The van der Waals surface area contributed by atoms with Crippen LogP contribution in [-0.4, -0.2) is 82.4 Å². The molecule has 186 valence electrons. The molecule has 3 aromatic rings. The number of hydrogen-bond acceptors (Lipinski definition) is 5. The lowest BCUT2D eigenvalue weighted by Crippen LogP contribution is -2.61. The Bertz CT molecular complexity index is 1310. The number of halogens is 1. The Hall–Kier alpha value is -3.66. The van der Waals surface area contributed by atoms with Crippen LogP contribution in [0.15, 0.2) is 65.9 Å². The average molecular weight is 551 g/mol. The van der Waals surface area contributed by atoms with E-state index in [0.717, 1.165) is 21.2 Å². The van der Waals surface area contributed by atoms with Crippen LogP contribution in [0.2, 0.25) is 0 Å². The number of amides is 3. The van der Waals surface area contributed by atoms with Gasteiger partial charge in [-0.1, -0.05) is 28.6 Å². The lowest BCUT2D eigenvalue weighted by molar-refractivity contribution is -0.133. The molecule has 1 N–H and O–H groups in total. The zero-order valence-corrected chi connectivity index (χ0v) is 21.4. The molecule has 0 spiro atoms. The number of fused-ring (bicyclic) bond motifs is 1. The highest BCUT2D eigenvalue weighted by atomic mass is 79.9. The van der Waals surface area contributed by atoms with Crippen LogP contribution in [0.1, 0.15) is 10.4 Å². The van der Waals surface area contributed by atoms with Crippen LogP contribution in [-0.2, 0) is 16.1 Å². The number of piperazine rings is 1. The van der Waals surface area contributed by atoms with Crippen LogP contribution >= 0.6 is 15.9 Å². The molecule has 2 fully saturated rings. The van der Waals surface area contributed by atoms with E-state index in [1.54, 1.807) is 17.3 Å². The molecule has 2 aromatic heterocycles. The standard InChI is InChI=1S/C26H27BrN6O3/c1-2-25(35)33-14-19(15-33)29-24(34)17-32-16-21(20-13-18(27)6-7-22(20)32)26(36)31-11-9-30(10-12-31)23-5-3-4-8-28-23/h2-8,13,16,19H,1,9-12,14-15,17H2,(H,29,34). The van der Waals surface area contributed by atoms with Gasteiger partial charge in [0, 0.05) is 67.0 Å². The third-order valence-electron chi connectivity index (χ3n) is 6.66. The Morgan fingerprint density at radius 3 is 2.56 bits per heavy atom. The molecule has 0 atom stereocenters.